The summed E-state index contributed by atoms with van der Waals surface area (Å²) in [6.07, 6.45) is 0. The van der Waals surface area contributed by atoms with E-state index in [-0.39, 0.29) is 0 Å². The van der Waals surface area contributed by atoms with E-state index < -0.39 is 0 Å². The molecule has 0 saturated heterocycles. The molecule has 0 unspecified atom stereocenters. The van der Waals surface area contributed by atoms with Crippen molar-refractivity contribution in [3.8, 4) is 5.75 Å². The van der Waals surface area contributed by atoms with Crippen molar-refractivity contribution < 1.29 is 4.74 Å². The first-order valence-corrected chi connectivity index (χ1v) is 6.32. The fourth-order valence-corrected chi connectivity index (χ4v) is 1.85. The molecule has 2 rings (SSSR count). The fourth-order valence-electron chi connectivity index (χ4n) is 1.85. The van der Waals surface area contributed by atoms with E-state index in [1.54, 1.807) is 0 Å². The lowest BCUT2D eigenvalue weighted by Gasteiger charge is -2.16. The largest absolute Gasteiger partial charge is 0.487 e. The predicted octanol–water partition coefficient (Wildman–Crippen LogP) is 3.22. The Morgan fingerprint density at radius 2 is 1.84 bits per heavy atom. The first kappa shape index (κ1) is 13.3. The van der Waals surface area contributed by atoms with Gasteiger partial charge in [-0.25, -0.2) is 0 Å². The highest BCUT2D eigenvalue weighted by atomic mass is 16.5. The molecule has 0 aliphatic rings. The molecule has 0 heterocycles. The van der Waals surface area contributed by atoms with Gasteiger partial charge >= 0.3 is 0 Å². The molecular formula is C16H20N2O. The van der Waals surface area contributed by atoms with Crippen molar-refractivity contribution in [3.05, 3.63) is 53.6 Å². The Labute approximate surface area is 114 Å². The highest BCUT2D eigenvalue weighted by Crippen LogP contribution is 2.27. The number of aryl methyl sites for hydroxylation is 1. The summed E-state index contributed by atoms with van der Waals surface area (Å²) in [5.41, 5.74) is 10.1. The van der Waals surface area contributed by atoms with E-state index in [1.165, 1.54) is 11.1 Å². The van der Waals surface area contributed by atoms with Gasteiger partial charge in [-0.1, -0.05) is 24.3 Å². The molecule has 100 valence electrons. The van der Waals surface area contributed by atoms with E-state index in [0.717, 1.165) is 11.4 Å². The molecule has 0 amide bonds. The topological polar surface area (TPSA) is 38.5 Å². The molecule has 2 aromatic carbocycles. The average molecular weight is 256 g/mol. The fraction of sp³-hybridized carbons (Fsp3) is 0.250. The van der Waals surface area contributed by atoms with Crippen LogP contribution in [0.1, 0.15) is 11.1 Å². The third-order valence-electron chi connectivity index (χ3n) is 3.16. The zero-order valence-corrected chi connectivity index (χ0v) is 11.7. The smallest absolute Gasteiger partial charge is 0.144 e. The standard InChI is InChI=1S/C16H20N2O/c1-12-6-4-5-7-13(12)11-19-16-10-14(18(2)3)8-9-15(16)17/h4-10H,11,17H2,1-3H3. The highest BCUT2D eigenvalue weighted by Gasteiger charge is 2.05. The number of hydrogen-bond acceptors (Lipinski definition) is 3. The zero-order chi connectivity index (χ0) is 13.8. The Kier molecular flexibility index (Phi) is 3.95. The van der Waals surface area contributed by atoms with Gasteiger partial charge in [-0.05, 0) is 30.2 Å². The summed E-state index contributed by atoms with van der Waals surface area (Å²) in [4.78, 5) is 2.03. The van der Waals surface area contributed by atoms with Crippen molar-refractivity contribution in [3.63, 3.8) is 0 Å². The molecule has 0 aromatic heterocycles. The van der Waals surface area contributed by atoms with Gasteiger partial charge in [-0.15, -0.1) is 0 Å². The zero-order valence-electron chi connectivity index (χ0n) is 11.7. The number of nitrogens with zero attached hydrogens (tertiary/aromatic N) is 1. The summed E-state index contributed by atoms with van der Waals surface area (Å²) < 4.78 is 5.84. The van der Waals surface area contributed by atoms with Crippen LogP contribution in [0.2, 0.25) is 0 Å². The van der Waals surface area contributed by atoms with E-state index in [9.17, 15) is 0 Å². The third kappa shape index (κ3) is 3.19. The normalized spacial score (nSPS) is 10.3. The molecule has 0 bridgehead atoms. The van der Waals surface area contributed by atoms with Gasteiger partial charge in [0.05, 0.1) is 5.69 Å². The van der Waals surface area contributed by atoms with Gasteiger partial charge in [0, 0.05) is 25.8 Å². The van der Waals surface area contributed by atoms with E-state index in [0.29, 0.717) is 12.3 Å². The maximum absolute atomic E-state index is 5.95. The predicted molar refractivity (Wildman–Crippen MR) is 80.7 cm³/mol. The number of hydrogen-bond donors (Lipinski definition) is 1. The average Bonchev–Trinajstić information content (AvgIpc) is 2.39. The van der Waals surface area contributed by atoms with Gasteiger partial charge in [-0.2, -0.15) is 0 Å². The van der Waals surface area contributed by atoms with Crippen molar-refractivity contribution >= 4 is 11.4 Å². The van der Waals surface area contributed by atoms with Crippen LogP contribution in [-0.2, 0) is 6.61 Å². The maximum atomic E-state index is 5.95. The van der Waals surface area contributed by atoms with Crippen LogP contribution in [0.4, 0.5) is 11.4 Å². The van der Waals surface area contributed by atoms with Gasteiger partial charge in [0.25, 0.3) is 0 Å². The van der Waals surface area contributed by atoms with Gasteiger partial charge in [-0.3, -0.25) is 0 Å². The van der Waals surface area contributed by atoms with Gasteiger partial charge in [0.1, 0.15) is 12.4 Å². The van der Waals surface area contributed by atoms with Crippen molar-refractivity contribution in [2.24, 2.45) is 0 Å². The van der Waals surface area contributed by atoms with Gasteiger partial charge in [0.15, 0.2) is 0 Å². The Bertz CT molecular complexity index is 564. The number of rotatable bonds is 4. The van der Waals surface area contributed by atoms with Crippen LogP contribution in [0.5, 0.6) is 5.75 Å². The van der Waals surface area contributed by atoms with Gasteiger partial charge < -0.3 is 15.4 Å². The summed E-state index contributed by atoms with van der Waals surface area (Å²) in [5.74, 6) is 0.731. The number of nitrogens with two attached hydrogens (primary N) is 1. The lowest BCUT2D eigenvalue weighted by Crippen LogP contribution is -2.09. The van der Waals surface area contributed by atoms with Crippen LogP contribution in [0.15, 0.2) is 42.5 Å². The van der Waals surface area contributed by atoms with Crippen LogP contribution < -0.4 is 15.4 Å². The summed E-state index contributed by atoms with van der Waals surface area (Å²) in [5, 5.41) is 0. The molecule has 0 spiro atoms. The Morgan fingerprint density at radius 1 is 1.11 bits per heavy atom. The minimum atomic E-state index is 0.535. The lowest BCUT2D eigenvalue weighted by atomic mass is 10.1. The van der Waals surface area contributed by atoms with Crippen molar-refractivity contribution in [2.45, 2.75) is 13.5 Å². The number of benzene rings is 2. The van der Waals surface area contributed by atoms with Crippen LogP contribution in [-0.4, -0.2) is 14.1 Å². The minimum Gasteiger partial charge on any atom is -0.487 e. The van der Waals surface area contributed by atoms with E-state index in [4.69, 9.17) is 10.5 Å². The molecule has 3 heteroatoms. The first-order valence-electron chi connectivity index (χ1n) is 6.32. The van der Waals surface area contributed by atoms with E-state index in [1.807, 2.05) is 49.3 Å². The second-order valence-corrected chi connectivity index (χ2v) is 4.83. The second kappa shape index (κ2) is 5.65. The van der Waals surface area contributed by atoms with Crippen molar-refractivity contribution in [2.75, 3.05) is 24.7 Å². The summed E-state index contributed by atoms with van der Waals surface area (Å²) in [7, 11) is 3.99. The summed E-state index contributed by atoms with van der Waals surface area (Å²) in [6.45, 7) is 2.62. The van der Waals surface area contributed by atoms with Crippen LogP contribution in [0.25, 0.3) is 0 Å². The van der Waals surface area contributed by atoms with Crippen molar-refractivity contribution in [1.82, 2.24) is 0 Å². The summed E-state index contributed by atoms with van der Waals surface area (Å²) in [6, 6.07) is 14.0. The Morgan fingerprint density at radius 3 is 2.53 bits per heavy atom. The van der Waals surface area contributed by atoms with Crippen LogP contribution in [0.3, 0.4) is 0 Å². The maximum Gasteiger partial charge on any atom is 0.144 e. The lowest BCUT2D eigenvalue weighted by molar-refractivity contribution is 0.307. The van der Waals surface area contributed by atoms with Gasteiger partial charge in [0.2, 0.25) is 0 Å². The number of anilines is 2. The molecule has 0 saturated carbocycles. The molecule has 0 aliphatic heterocycles. The molecule has 19 heavy (non-hydrogen) atoms. The third-order valence-corrected chi connectivity index (χ3v) is 3.16. The molecule has 0 fully saturated rings. The number of nitrogen functional groups attached to an aromatic ring is 1. The van der Waals surface area contributed by atoms with Crippen LogP contribution in [0, 0.1) is 6.92 Å². The Balaban J connectivity index is 2.15. The van der Waals surface area contributed by atoms with E-state index >= 15 is 0 Å². The quantitative estimate of drug-likeness (QED) is 0.854. The molecule has 0 atom stereocenters. The molecular weight excluding hydrogens is 236 g/mol. The second-order valence-electron chi connectivity index (χ2n) is 4.83. The first-order chi connectivity index (χ1) is 9.08. The van der Waals surface area contributed by atoms with Crippen molar-refractivity contribution in [1.29, 1.82) is 0 Å². The molecule has 3 nitrogen and oxygen atoms in total. The SMILES string of the molecule is Cc1ccccc1COc1cc(N(C)C)ccc1N. The summed E-state index contributed by atoms with van der Waals surface area (Å²) >= 11 is 0. The number of ether oxygens (including phenoxy) is 1. The van der Waals surface area contributed by atoms with Crippen LogP contribution >= 0.6 is 0 Å². The minimum absolute atomic E-state index is 0.535. The highest BCUT2D eigenvalue weighted by molar-refractivity contribution is 5.61. The monoisotopic (exact) mass is 256 g/mol. The molecule has 2 aromatic rings. The van der Waals surface area contributed by atoms with E-state index in [2.05, 4.69) is 19.1 Å². The molecule has 0 radical (unpaired) electrons. The molecule has 0 aliphatic carbocycles. The Hall–Kier alpha value is -2.16. The molecule has 2 N–H and O–H groups in total.